The zero-order chi connectivity index (χ0) is 17.8. The highest BCUT2D eigenvalue weighted by Crippen LogP contribution is 2.23. The number of rotatable bonds is 5. The Hall–Kier alpha value is -2.73. The number of carbonyl (C=O) groups excluding carboxylic acids is 1. The molecule has 0 saturated carbocycles. The van der Waals surface area contributed by atoms with Crippen LogP contribution in [0.25, 0.3) is 17.1 Å². The Morgan fingerprint density at radius 3 is 2.48 bits per heavy atom. The first kappa shape index (κ1) is 17.1. The van der Waals surface area contributed by atoms with Crippen LogP contribution < -0.4 is 5.32 Å². The number of hydrogen-bond donors (Lipinski definition) is 1. The third-order valence-electron chi connectivity index (χ3n) is 3.52. The minimum atomic E-state index is -0.349. The molecule has 0 aliphatic carbocycles. The van der Waals surface area contributed by atoms with Crippen molar-refractivity contribution in [3.8, 4) is 17.1 Å². The van der Waals surface area contributed by atoms with Crippen LogP contribution in [0.3, 0.4) is 0 Å². The topological polar surface area (TPSA) is 59.8 Å². The number of amides is 1. The van der Waals surface area contributed by atoms with Crippen LogP contribution in [0.2, 0.25) is 5.02 Å². The molecule has 0 unspecified atom stereocenters. The molecule has 1 heterocycles. The lowest BCUT2D eigenvalue weighted by Gasteiger charge is -2.06. The molecule has 1 N–H and O–H groups in total. The van der Waals surface area contributed by atoms with Crippen molar-refractivity contribution in [2.24, 2.45) is 0 Å². The van der Waals surface area contributed by atoms with Gasteiger partial charge in [0.2, 0.25) is 5.82 Å². The molecule has 0 aliphatic rings. The Morgan fingerprint density at radius 1 is 1.16 bits per heavy atom. The van der Waals surface area contributed by atoms with Crippen molar-refractivity contribution in [3.63, 3.8) is 0 Å². The van der Waals surface area contributed by atoms with E-state index in [1.54, 1.807) is 36.4 Å². The number of nitrogens with zero attached hydrogens (tertiary/aromatic N) is 3. The van der Waals surface area contributed by atoms with Gasteiger partial charge in [-0.1, -0.05) is 18.5 Å². The number of aromatic nitrogens is 3. The second-order valence-electron chi connectivity index (χ2n) is 5.41. The largest absolute Gasteiger partial charge is 0.349 e. The summed E-state index contributed by atoms with van der Waals surface area (Å²) in [6.07, 6.45) is 0.814. The van der Waals surface area contributed by atoms with Crippen molar-refractivity contribution in [2.45, 2.75) is 13.3 Å². The summed E-state index contributed by atoms with van der Waals surface area (Å²) in [6.45, 7) is 2.50. The molecule has 0 saturated heterocycles. The van der Waals surface area contributed by atoms with Crippen molar-refractivity contribution in [1.82, 2.24) is 20.1 Å². The molecule has 1 amide bonds. The van der Waals surface area contributed by atoms with Crippen LogP contribution in [0, 0.1) is 5.82 Å². The second kappa shape index (κ2) is 7.44. The lowest BCUT2D eigenvalue weighted by molar-refractivity contribution is 0.0943. The van der Waals surface area contributed by atoms with Gasteiger partial charge < -0.3 is 5.32 Å². The molecule has 3 rings (SSSR count). The van der Waals surface area contributed by atoms with Crippen molar-refractivity contribution in [3.05, 3.63) is 65.2 Å². The van der Waals surface area contributed by atoms with E-state index in [1.807, 2.05) is 6.92 Å². The van der Waals surface area contributed by atoms with E-state index >= 15 is 0 Å². The summed E-state index contributed by atoms with van der Waals surface area (Å²) < 4.78 is 14.7. The summed E-state index contributed by atoms with van der Waals surface area (Å²) in [4.78, 5) is 16.6. The van der Waals surface area contributed by atoms with Gasteiger partial charge in [0.15, 0.2) is 5.82 Å². The molecule has 0 atom stereocenters. The van der Waals surface area contributed by atoms with E-state index in [-0.39, 0.29) is 17.5 Å². The van der Waals surface area contributed by atoms with Crippen molar-refractivity contribution in [1.29, 1.82) is 0 Å². The van der Waals surface area contributed by atoms with Crippen LogP contribution >= 0.6 is 11.6 Å². The first-order valence-corrected chi connectivity index (χ1v) is 8.23. The molecule has 0 spiro atoms. The van der Waals surface area contributed by atoms with Gasteiger partial charge >= 0.3 is 0 Å². The zero-order valence-corrected chi connectivity index (χ0v) is 14.3. The van der Waals surface area contributed by atoms with E-state index in [0.29, 0.717) is 23.1 Å². The van der Waals surface area contributed by atoms with Gasteiger partial charge in [-0.25, -0.2) is 14.1 Å². The molecule has 5 nitrogen and oxygen atoms in total. The van der Waals surface area contributed by atoms with Gasteiger partial charge in [-0.2, -0.15) is 0 Å². The SMILES string of the molecule is CCCNC(=O)c1nc(-c2ccc(Cl)cc2)n(-c2ccc(F)cc2)n1. The minimum absolute atomic E-state index is 0.0581. The average molecular weight is 359 g/mol. The molecule has 25 heavy (non-hydrogen) atoms. The molecular weight excluding hydrogens is 343 g/mol. The quantitative estimate of drug-likeness (QED) is 0.753. The Kier molecular flexibility index (Phi) is 5.09. The summed E-state index contributed by atoms with van der Waals surface area (Å²) in [5, 5.41) is 7.65. The standard InChI is InChI=1S/C18H16ClFN4O/c1-2-11-21-18(25)16-22-17(12-3-5-13(19)6-4-12)24(23-16)15-9-7-14(20)8-10-15/h3-10H,2,11H2,1H3,(H,21,25). The summed E-state index contributed by atoms with van der Waals surface area (Å²) in [5.41, 5.74) is 1.35. The molecule has 0 bridgehead atoms. The zero-order valence-electron chi connectivity index (χ0n) is 13.5. The summed E-state index contributed by atoms with van der Waals surface area (Å²) in [7, 11) is 0. The molecule has 0 aliphatic heterocycles. The lowest BCUT2D eigenvalue weighted by Crippen LogP contribution is -2.25. The van der Waals surface area contributed by atoms with E-state index in [1.165, 1.54) is 16.8 Å². The van der Waals surface area contributed by atoms with Gasteiger partial charge in [-0.05, 0) is 55.0 Å². The van der Waals surface area contributed by atoms with Crippen LogP contribution in [-0.4, -0.2) is 27.2 Å². The van der Waals surface area contributed by atoms with E-state index in [4.69, 9.17) is 11.6 Å². The summed E-state index contributed by atoms with van der Waals surface area (Å²) in [5.74, 6) is -0.164. The van der Waals surface area contributed by atoms with Crippen LogP contribution in [-0.2, 0) is 0 Å². The van der Waals surface area contributed by atoms with Crippen LogP contribution in [0.4, 0.5) is 4.39 Å². The maximum absolute atomic E-state index is 13.2. The minimum Gasteiger partial charge on any atom is -0.349 e. The van der Waals surface area contributed by atoms with Crippen LogP contribution in [0.15, 0.2) is 48.5 Å². The molecular formula is C18H16ClFN4O. The molecule has 7 heteroatoms. The van der Waals surface area contributed by atoms with Crippen LogP contribution in [0.1, 0.15) is 24.0 Å². The highest BCUT2D eigenvalue weighted by atomic mass is 35.5. The third-order valence-corrected chi connectivity index (χ3v) is 3.77. The van der Waals surface area contributed by atoms with E-state index in [9.17, 15) is 9.18 Å². The fraction of sp³-hybridized carbons (Fsp3) is 0.167. The predicted molar refractivity (Wildman–Crippen MR) is 94.4 cm³/mol. The summed E-state index contributed by atoms with van der Waals surface area (Å²) >= 11 is 5.94. The third kappa shape index (κ3) is 3.85. The number of nitrogens with one attached hydrogen (secondary N) is 1. The maximum atomic E-state index is 13.2. The van der Waals surface area contributed by atoms with E-state index in [0.717, 1.165) is 12.0 Å². The summed E-state index contributed by atoms with van der Waals surface area (Å²) in [6, 6.07) is 12.9. The Labute approximate surface area is 149 Å². The number of benzene rings is 2. The predicted octanol–water partition coefficient (Wildman–Crippen LogP) is 3.87. The molecule has 0 radical (unpaired) electrons. The molecule has 128 valence electrons. The normalized spacial score (nSPS) is 10.7. The molecule has 2 aromatic carbocycles. The first-order chi connectivity index (χ1) is 12.1. The number of halogens is 2. The number of hydrogen-bond acceptors (Lipinski definition) is 3. The van der Waals surface area contributed by atoms with Gasteiger partial charge in [0.25, 0.3) is 5.91 Å². The molecule has 0 fully saturated rings. The van der Waals surface area contributed by atoms with E-state index < -0.39 is 0 Å². The van der Waals surface area contributed by atoms with Gasteiger partial charge in [-0.3, -0.25) is 4.79 Å². The monoisotopic (exact) mass is 358 g/mol. The Morgan fingerprint density at radius 2 is 1.84 bits per heavy atom. The van der Waals surface area contributed by atoms with Crippen molar-refractivity contribution >= 4 is 17.5 Å². The fourth-order valence-corrected chi connectivity index (χ4v) is 2.40. The first-order valence-electron chi connectivity index (χ1n) is 7.85. The van der Waals surface area contributed by atoms with Crippen LogP contribution in [0.5, 0.6) is 0 Å². The fourth-order valence-electron chi connectivity index (χ4n) is 2.27. The smallest absolute Gasteiger partial charge is 0.290 e. The molecule has 1 aromatic heterocycles. The second-order valence-corrected chi connectivity index (χ2v) is 5.85. The highest BCUT2D eigenvalue weighted by Gasteiger charge is 2.18. The van der Waals surface area contributed by atoms with Crippen molar-refractivity contribution in [2.75, 3.05) is 6.54 Å². The number of carbonyl (C=O) groups is 1. The highest BCUT2D eigenvalue weighted by molar-refractivity contribution is 6.30. The molecule has 3 aromatic rings. The maximum Gasteiger partial charge on any atom is 0.290 e. The van der Waals surface area contributed by atoms with Crippen molar-refractivity contribution < 1.29 is 9.18 Å². The Bertz CT molecular complexity index is 812. The van der Waals surface area contributed by atoms with E-state index in [2.05, 4.69) is 15.4 Å². The van der Waals surface area contributed by atoms with Gasteiger partial charge in [-0.15, -0.1) is 5.10 Å². The van der Waals surface area contributed by atoms with Gasteiger partial charge in [0.1, 0.15) is 5.82 Å². The van der Waals surface area contributed by atoms with Gasteiger partial charge in [0.05, 0.1) is 5.69 Å². The average Bonchev–Trinajstić information content (AvgIpc) is 3.06. The van der Waals surface area contributed by atoms with Gasteiger partial charge in [0, 0.05) is 17.1 Å². The lowest BCUT2D eigenvalue weighted by atomic mass is 10.2. The Balaban J connectivity index is 2.07.